The van der Waals surface area contributed by atoms with Gasteiger partial charge in [-0.15, -0.1) is 6.58 Å². The van der Waals surface area contributed by atoms with Crippen LogP contribution in [0.4, 0.5) is 5.82 Å². The van der Waals surface area contributed by atoms with Gasteiger partial charge in [-0.25, -0.2) is 9.97 Å². The summed E-state index contributed by atoms with van der Waals surface area (Å²) in [6.45, 7) is 7.85. The second-order valence-electron chi connectivity index (χ2n) is 3.42. The average Bonchev–Trinajstić information content (AvgIpc) is 2.17. The molecule has 1 aromatic heterocycles. The summed E-state index contributed by atoms with van der Waals surface area (Å²) in [6.07, 6.45) is 3.65. The molecule has 0 radical (unpaired) electrons. The summed E-state index contributed by atoms with van der Waals surface area (Å²) < 4.78 is 0.822. The first-order valence-electron chi connectivity index (χ1n) is 5.06. The first-order valence-corrected chi connectivity index (χ1v) is 5.86. The fourth-order valence-electron chi connectivity index (χ4n) is 1.26. The molecule has 1 rings (SSSR count). The zero-order valence-corrected chi connectivity index (χ0v) is 10.7. The zero-order valence-electron chi connectivity index (χ0n) is 9.13. The molecule has 0 aliphatic carbocycles. The van der Waals surface area contributed by atoms with Crippen LogP contribution in [-0.4, -0.2) is 16.0 Å². The predicted molar refractivity (Wildman–Crippen MR) is 67.0 cm³/mol. The van der Waals surface area contributed by atoms with E-state index in [9.17, 15) is 0 Å². The third kappa shape index (κ3) is 4.00. The molecular weight excluding hydrogens is 254 g/mol. The number of rotatable bonds is 5. The predicted octanol–water partition coefficient (Wildman–Crippen LogP) is 3.18. The summed E-state index contributed by atoms with van der Waals surface area (Å²) in [4.78, 5) is 8.64. The maximum absolute atomic E-state index is 4.39. The molecule has 0 saturated heterocycles. The van der Waals surface area contributed by atoms with Gasteiger partial charge in [0.1, 0.15) is 16.2 Å². The van der Waals surface area contributed by atoms with Crippen LogP contribution >= 0.6 is 15.9 Å². The van der Waals surface area contributed by atoms with Gasteiger partial charge < -0.3 is 5.32 Å². The smallest absolute Gasteiger partial charge is 0.131 e. The van der Waals surface area contributed by atoms with Crippen molar-refractivity contribution in [1.29, 1.82) is 0 Å². The highest BCUT2D eigenvalue weighted by Crippen LogP contribution is 2.14. The minimum absolute atomic E-state index is 0.342. The lowest BCUT2D eigenvalue weighted by Gasteiger charge is -2.13. The maximum Gasteiger partial charge on any atom is 0.131 e. The molecule has 0 amide bonds. The van der Waals surface area contributed by atoms with Gasteiger partial charge in [-0.05, 0) is 29.3 Å². The van der Waals surface area contributed by atoms with Gasteiger partial charge in [0.15, 0.2) is 0 Å². The highest BCUT2D eigenvalue weighted by Gasteiger charge is 2.04. The lowest BCUT2D eigenvalue weighted by atomic mass is 10.2. The molecule has 3 nitrogen and oxygen atoms in total. The third-order valence-electron chi connectivity index (χ3n) is 1.97. The van der Waals surface area contributed by atoms with Crippen LogP contribution < -0.4 is 5.32 Å². The van der Waals surface area contributed by atoms with Crippen LogP contribution in [0.15, 0.2) is 23.3 Å². The van der Waals surface area contributed by atoms with Crippen molar-refractivity contribution in [1.82, 2.24) is 9.97 Å². The molecule has 0 aliphatic rings. The Kier molecular flexibility index (Phi) is 4.75. The fraction of sp³-hybridized carbons (Fsp3) is 0.455. The van der Waals surface area contributed by atoms with E-state index in [0.717, 1.165) is 29.1 Å². The molecule has 82 valence electrons. The fourth-order valence-corrected chi connectivity index (χ4v) is 1.68. The highest BCUT2D eigenvalue weighted by atomic mass is 79.9. The average molecular weight is 270 g/mol. The van der Waals surface area contributed by atoms with E-state index in [1.807, 2.05) is 19.1 Å². The SMILES string of the molecule is C=CCC(C)Nc1cc(Br)nc(CC)n1. The summed E-state index contributed by atoms with van der Waals surface area (Å²) in [5, 5.41) is 3.31. The van der Waals surface area contributed by atoms with Gasteiger partial charge in [0, 0.05) is 18.5 Å². The lowest BCUT2D eigenvalue weighted by molar-refractivity contribution is 0.799. The second kappa shape index (κ2) is 5.85. The Morgan fingerprint density at radius 1 is 1.60 bits per heavy atom. The number of halogens is 1. The van der Waals surface area contributed by atoms with Gasteiger partial charge in [-0.1, -0.05) is 13.0 Å². The number of hydrogen-bond acceptors (Lipinski definition) is 3. The van der Waals surface area contributed by atoms with Crippen LogP contribution in [0.2, 0.25) is 0 Å². The Hall–Kier alpha value is -0.900. The number of aryl methyl sites for hydroxylation is 1. The van der Waals surface area contributed by atoms with Gasteiger partial charge in [0.05, 0.1) is 0 Å². The van der Waals surface area contributed by atoms with Gasteiger partial charge in [-0.2, -0.15) is 0 Å². The van der Waals surface area contributed by atoms with Crippen LogP contribution in [0.3, 0.4) is 0 Å². The minimum atomic E-state index is 0.342. The molecule has 0 saturated carbocycles. The van der Waals surface area contributed by atoms with E-state index >= 15 is 0 Å². The van der Waals surface area contributed by atoms with E-state index < -0.39 is 0 Å². The second-order valence-corrected chi connectivity index (χ2v) is 4.23. The standard InChI is InChI=1S/C11H16BrN3/c1-4-6-8(3)13-11-7-9(12)14-10(5-2)15-11/h4,7-8H,1,5-6H2,2-3H3,(H,13,14,15). The van der Waals surface area contributed by atoms with E-state index in [4.69, 9.17) is 0 Å². The number of nitrogens with one attached hydrogen (secondary N) is 1. The van der Waals surface area contributed by atoms with Crippen molar-refractivity contribution in [2.45, 2.75) is 32.7 Å². The van der Waals surface area contributed by atoms with Crippen LogP contribution in [-0.2, 0) is 6.42 Å². The first-order chi connectivity index (χ1) is 7.15. The molecule has 0 fully saturated rings. The van der Waals surface area contributed by atoms with Gasteiger partial charge in [0.25, 0.3) is 0 Å². The van der Waals surface area contributed by atoms with Crippen LogP contribution in [0.5, 0.6) is 0 Å². The van der Waals surface area contributed by atoms with Crippen molar-refractivity contribution in [3.05, 3.63) is 29.1 Å². The van der Waals surface area contributed by atoms with Crippen molar-refractivity contribution in [2.24, 2.45) is 0 Å². The lowest BCUT2D eigenvalue weighted by Crippen LogP contribution is -2.15. The van der Waals surface area contributed by atoms with Crippen molar-refractivity contribution in [2.75, 3.05) is 5.32 Å². The Balaban J connectivity index is 2.75. The summed E-state index contributed by atoms with van der Waals surface area (Å²) in [5.41, 5.74) is 0. The Bertz CT molecular complexity index is 339. The van der Waals surface area contributed by atoms with E-state index in [0.29, 0.717) is 6.04 Å². The topological polar surface area (TPSA) is 37.8 Å². The maximum atomic E-state index is 4.39. The largest absolute Gasteiger partial charge is 0.367 e. The molecule has 15 heavy (non-hydrogen) atoms. The van der Waals surface area contributed by atoms with E-state index in [-0.39, 0.29) is 0 Å². The summed E-state index contributed by atoms with van der Waals surface area (Å²) in [7, 11) is 0. The Labute approximate surface area is 99.2 Å². The molecule has 1 atom stereocenters. The van der Waals surface area contributed by atoms with Crippen LogP contribution in [0, 0.1) is 0 Å². The van der Waals surface area contributed by atoms with Crippen molar-refractivity contribution in [3.8, 4) is 0 Å². The number of anilines is 1. The van der Waals surface area contributed by atoms with Crippen LogP contribution in [0.1, 0.15) is 26.1 Å². The van der Waals surface area contributed by atoms with Gasteiger partial charge in [-0.3, -0.25) is 0 Å². The molecule has 0 spiro atoms. The number of hydrogen-bond donors (Lipinski definition) is 1. The van der Waals surface area contributed by atoms with Crippen molar-refractivity contribution < 1.29 is 0 Å². The first kappa shape index (κ1) is 12.2. The number of nitrogens with zero attached hydrogens (tertiary/aromatic N) is 2. The Morgan fingerprint density at radius 2 is 2.33 bits per heavy atom. The monoisotopic (exact) mass is 269 g/mol. The molecule has 0 bridgehead atoms. The molecule has 1 N–H and O–H groups in total. The van der Waals surface area contributed by atoms with Crippen molar-refractivity contribution in [3.63, 3.8) is 0 Å². The summed E-state index contributed by atoms with van der Waals surface area (Å²) >= 11 is 3.37. The van der Waals surface area contributed by atoms with E-state index in [1.165, 1.54) is 0 Å². The molecule has 0 aliphatic heterocycles. The van der Waals surface area contributed by atoms with Crippen LogP contribution in [0.25, 0.3) is 0 Å². The minimum Gasteiger partial charge on any atom is -0.367 e. The Morgan fingerprint density at radius 3 is 2.93 bits per heavy atom. The summed E-state index contributed by atoms with van der Waals surface area (Å²) in [6, 6.07) is 2.23. The molecular formula is C11H16BrN3. The molecule has 1 unspecified atom stereocenters. The van der Waals surface area contributed by atoms with E-state index in [2.05, 4.69) is 44.7 Å². The quantitative estimate of drug-likeness (QED) is 0.659. The normalized spacial score (nSPS) is 12.2. The van der Waals surface area contributed by atoms with Crippen molar-refractivity contribution >= 4 is 21.7 Å². The van der Waals surface area contributed by atoms with Gasteiger partial charge in [0.2, 0.25) is 0 Å². The molecule has 0 aromatic carbocycles. The number of aromatic nitrogens is 2. The molecule has 1 heterocycles. The van der Waals surface area contributed by atoms with E-state index in [1.54, 1.807) is 0 Å². The van der Waals surface area contributed by atoms with Gasteiger partial charge >= 0.3 is 0 Å². The third-order valence-corrected chi connectivity index (χ3v) is 2.38. The highest BCUT2D eigenvalue weighted by molar-refractivity contribution is 9.10. The zero-order chi connectivity index (χ0) is 11.3. The molecule has 1 aromatic rings. The summed E-state index contributed by atoms with van der Waals surface area (Å²) in [5.74, 6) is 1.71. The molecule has 4 heteroatoms.